The van der Waals surface area contributed by atoms with Gasteiger partial charge < -0.3 is 10.2 Å². The van der Waals surface area contributed by atoms with E-state index in [0.717, 1.165) is 11.3 Å². The molecule has 3 rings (SSSR count). The van der Waals surface area contributed by atoms with E-state index in [1.165, 1.54) is 6.92 Å². The maximum Gasteiger partial charge on any atom is 0.235 e. The first-order chi connectivity index (χ1) is 10.6. The third-order valence-electron chi connectivity index (χ3n) is 3.73. The summed E-state index contributed by atoms with van der Waals surface area (Å²) in [5.74, 6) is -0.685. The van der Waals surface area contributed by atoms with Crippen molar-refractivity contribution in [2.75, 3.05) is 11.9 Å². The Labute approximate surface area is 128 Å². The van der Waals surface area contributed by atoms with Gasteiger partial charge in [0.15, 0.2) is 0 Å². The number of nitrogens with one attached hydrogen (secondary N) is 1. The van der Waals surface area contributed by atoms with Crippen LogP contribution in [0.3, 0.4) is 0 Å². The van der Waals surface area contributed by atoms with Crippen molar-refractivity contribution in [3.8, 4) is 0 Å². The average Bonchev–Trinajstić information content (AvgIpc) is 2.54. The zero-order valence-corrected chi connectivity index (χ0v) is 12.2. The number of fused-ring (bicyclic) bond motifs is 1. The summed E-state index contributed by atoms with van der Waals surface area (Å²) >= 11 is 0. The van der Waals surface area contributed by atoms with Gasteiger partial charge in [0.2, 0.25) is 11.8 Å². The Morgan fingerprint density at radius 1 is 1.23 bits per heavy atom. The second-order valence-corrected chi connectivity index (χ2v) is 5.23. The quantitative estimate of drug-likeness (QED) is 0.912. The maximum atomic E-state index is 12.6. The van der Waals surface area contributed by atoms with Gasteiger partial charge in [-0.15, -0.1) is 0 Å². The molecular weight excluding hydrogens is 280 g/mol. The third kappa shape index (κ3) is 2.81. The lowest BCUT2D eigenvalue weighted by atomic mass is 9.93. The molecule has 0 fully saturated rings. The summed E-state index contributed by atoms with van der Waals surface area (Å²) in [5.41, 5.74) is 2.34. The molecule has 112 valence electrons. The molecule has 0 aliphatic carbocycles. The summed E-state index contributed by atoms with van der Waals surface area (Å²) in [7, 11) is 0. The maximum absolute atomic E-state index is 12.6. The highest BCUT2D eigenvalue weighted by Gasteiger charge is 2.32. The van der Waals surface area contributed by atoms with Gasteiger partial charge >= 0.3 is 0 Å². The summed E-state index contributed by atoms with van der Waals surface area (Å²) < 4.78 is 0. The van der Waals surface area contributed by atoms with Crippen molar-refractivity contribution in [2.45, 2.75) is 19.4 Å². The zero-order valence-electron chi connectivity index (χ0n) is 12.2. The Kier molecular flexibility index (Phi) is 3.82. The Hall–Kier alpha value is -2.76. The molecule has 2 amide bonds. The lowest BCUT2D eigenvalue weighted by molar-refractivity contribution is -0.131. The molecule has 3 heterocycles. The summed E-state index contributed by atoms with van der Waals surface area (Å²) in [6.07, 6.45) is 4.91. The molecule has 1 N–H and O–H groups in total. The first-order valence-corrected chi connectivity index (χ1v) is 7.05. The van der Waals surface area contributed by atoms with Crippen LogP contribution in [0.2, 0.25) is 0 Å². The molecule has 0 saturated heterocycles. The number of pyridine rings is 2. The van der Waals surface area contributed by atoms with Gasteiger partial charge in [-0.25, -0.2) is 0 Å². The van der Waals surface area contributed by atoms with E-state index < -0.39 is 5.92 Å². The Bertz CT molecular complexity index is 702. The largest absolute Gasteiger partial charge is 0.337 e. The minimum absolute atomic E-state index is 0.0452. The van der Waals surface area contributed by atoms with Gasteiger partial charge in [0.25, 0.3) is 0 Å². The van der Waals surface area contributed by atoms with Gasteiger partial charge in [-0.2, -0.15) is 0 Å². The fourth-order valence-electron chi connectivity index (χ4n) is 2.59. The van der Waals surface area contributed by atoms with Crippen LogP contribution < -0.4 is 5.32 Å². The van der Waals surface area contributed by atoms with Gasteiger partial charge in [0, 0.05) is 44.3 Å². The molecule has 1 aliphatic rings. The standard InChI is InChI=1S/C16H16N4O2/c1-11(21)20-9-12-3-2-6-18-15(12)14(10-20)16(22)19-13-4-7-17-8-5-13/h2-8,14H,9-10H2,1H3,(H,17,19,22). The predicted octanol–water partition coefficient (Wildman–Crippen LogP) is 1.56. The zero-order chi connectivity index (χ0) is 15.5. The van der Waals surface area contributed by atoms with Crippen LogP contribution >= 0.6 is 0 Å². The molecule has 2 aromatic heterocycles. The number of rotatable bonds is 2. The first kappa shape index (κ1) is 14.2. The molecule has 1 atom stereocenters. The first-order valence-electron chi connectivity index (χ1n) is 7.05. The number of carbonyl (C=O) groups excluding carboxylic acids is 2. The van der Waals surface area contributed by atoms with Gasteiger partial charge in [-0.3, -0.25) is 19.6 Å². The fourth-order valence-corrected chi connectivity index (χ4v) is 2.59. The second-order valence-electron chi connectivity index (χ2n) is 5.23. The minimum atomic E-state index is -0.470. The third-order valence-corrected chi connectivity index (χ3v) is 3.73. The van der Waals surface area contributed by atoms with E-state index in [1.54, 1.807) is 35.6 Å². The lowest BCUT2D eigenvalue weighted by Gasteiger charge is -2.32. The van der Waals surface area contributed by atoms with Gasteiger partial charge in [0.1, 0.15) is 0 Å². The highest BCUT2D eigenvalue weighted by molar-refractivity contribution is 5.96. The molecule has 6 nitrogen and oxygen atoms in total. The molecule has 1 aliphatic heterocycles. The van der Waals surface area contributed by atoms with Crippen molar-refractivity contribution < 1.29 is 9.59 Å². The SMILES string of the molecule is CC(=O)N1Cc2cccnc2C(C(=O)Nc2ccncc2)C1. The van der Waals surface area contributed by atoms with Crippen molar-refractivity contribution in [3.05, 3.63) is 54.1 Å². The highest BCUT2D eigenvalue weighted by Crippen LogP contribution is 2.27. The van der Waals surface area contributed by atoms with Crippen LogP contribution in [0.4, 0.5) is 5.69 Å². The number of carbonyl (C=O) groups is 2. The van der Waals surface area contributed by atoms with E-state index in [9.17, 15) is 9.59 Å². The van der Waals surface area contributed by atoms with Crippen molar-refractivity contribution in [1.82, 2.24) is 14.9 Å². The molecule has 2 aromatic rings. The van der Waals surface area contributed by atoms with E-state index in [0.29, 0.717) is 18.8 Å². The van der Waals surface area contributed by atoms with Crippen LogP contribution in [0.1, 0.15) is 24.1 Å². The van der Waals surface area contributed by atoms with E-state index in [4.69, 9.17) is 0 Å². The number of hydrogen-bond acceptors (Lipinski definition) is 4. The molecule has 0 spiro atoms. The minimum Gasteiger partial charge on any atom is -0.337 e. The van der Waals surface area contributed by atoms with Crippen LogP contribution in [-0.2, 0) is 16.1 Å². The summed E-state index contributed by atoms with van der Waals surface area (Å²) in [4.78, 5) is 34.2. The van der Waals surface area contributed by atoms with Crippen molar-refractivity contribution in [3.63, 3.8) is 0 Å². The van der Waals surface area contributed by atoms with Crippen molar-refractivity contribution >= 4 is 17.5 Å². The van der Waals surface area contributed by atoms with Gasteiger partial charge in [-0.1, -0.05) is 6.07 Å². The Balaban J connectivity index is 1.88. The molecule has 1 unspecified atom stereocenters. The molecule has 0 radical (unpaired) electrons. The number of aromatic nitrogens is 2. The van der Waals surface area contributed by atoms with Crippen molar-refractivity contribution in [1.29, 1.82) is 0 Å². The lowest BCUT2D eigenvalue weighted by Crippen LogP contribution is -2.41. The number of amides is 2. The van der Waals surface area contributed by atoms with E-state index in [-0.39, 0.29) is 11.8 Å². The van der Waals surface area contributed by atoms with Crippen LogP contribution in [-0.4, -0.2) is 33.2 Å². The summed E-state index contributed by atoms with van der Waals surface area (Å²) in [6, 6.07) is 7.18. The molecule has 6 heteroatoms. The van der Waals surface area contributed by atoms with Crippen LogP contribution in [0.25, 0.3) is 0 Å². The van der Waals surface area contributed by atoms with E-state index in [1.807, 2.05) is 12.1 Å². The fraction of sp³-hybridized carbons (Fsp3) is 0.250. The smallest absolute Gasteiger partial charge is 0.235 e. The van der Waals surface area contributed by atoms with Crippen LogP contribution in [0.15, 0.2) is 42.9 Å². The van der Waals surface area contributed by atoms with Crippen LogP contribution in [0.5, 0.6) is 0 Å². The number of anilines is 1. The van der Waals surface area contributed by atoms with Gasteiger partial charge in [0.05, 0.1) is 11.6 Å². The number of hydrogen-bond donors (Lipinski definition) is 1. The van der Waals surface area contributed by atoms with Crippen molar-refractivity contribution in [2.24, 2.45) is 0 Å². The summed E-state index contributed by atoms with van der Waals surface area (Å²) in [5, 5.41) is 2.86. The van der Waals surface area contributed by atoms with E-state index in [2.05, 4.69) is 15.3 Å². The van der Waals surface area contributed by atoms with E-state index >= 15 is 0 Å². The topological polar surface area (TPSA) is 75.2 Å². The molecule has 0 bridgehead atoms. The molecule has 22 heavy (non-hydrogen) atoms. The second kappa shape index (κ2) is 5.93. The number of nitrogens with zero attached hydrogens (tertiary/aromatic N) is 3. The Morgan fingerprint density at radius 2 is 2.00 bits per heavy atom. The predicted molar refractivity (Wildman–Crippen MR) is 80.9 cm³/mol. The monoisotopic (exact) mass is 296 g/mol. The molecule has 0 saturated carbocycles. The average molecular weight is 296 g/mol. The van der Waals surface area contributed by atoms with Crippen LogP contribution in [0, 0.1) is 0 Å². The Morgan fingerprint density at radius 3 is 2.73 bits per heavy atom. The normalized spacial score (nSPS) is 16.8. The molecule has 0 aromatic carbocycles. The van der Waals surface area contributed by atoms with Gasteiger partial charge in [-0.05, 0) is 23.8 Å². The molecular formula is C16H16N4O2. The summed E-state index contributed by atoms with van der Waals surface area (Å²) in [6.45, 7) is 2.35. The highest BCUT2D eigenvalue weighted by atomic mass is 16.2.